The second-order valence-electron chi connectivity index (χ2n) is 24.5. The zero-order valence-electron chi connectivity index (χ0n) is 55.3. The lowest BCUT2D eigenvalue weighted by Gasteiger charge is -2.19. The molecule has 2 nitrogen and oxygen atoms in total. The van der Waals surface area contributed by atoms with E-state index in [1.165, 1.54) is 147 Å². The maximum atomic E-state index is 6.57. The molecule has 0 bridgehead atoms. The lowest BCUT2D eigenvalue weighted by Crippen LogP contribution is -1.92. The van der Waals surface area contributed by atoms with E-state index in [-0.39, 0.29) is 14.9 Å². The molecule has 2 heteroatoms. The standard InChI is InChI=1S/C48H30O.C44H28O.4CH4/c1-2-13-32(14-3-1)43-29-35(30-45-48(43)42-22-10-11-24-44(42)49-45)47-40-20-8-6-18-38(40)46(39-19-7-9-21-41(39)47)34-27-25-33(26-28-34)37-23-12-16-31-15-4-5-17-36(31)37;1-2-10-29(11-3-1)30-18-20-31(21-19-30)32-22-24-33(25-23-32)43-37-13-4-6-15-39(37)44(40-16-7-5-14-38(40)43)34-26-27-36-35-12-8-9-17-41(35)45-42(36)28-34;;;;/h1-30H;1-28H;4*1H4/i;;2*1D;;. The molecule has 0 amide bonds. The Morgan fingerprint density at radius 3 is 0.980 bits per heavy atom. The Morgan fingerprint density at radius 2 is 0.480 bits per heavy atom. The average Bonchev–Trinajstić information content (AvgIpc) is 1.11. The quantitative estimate of drug-likeness (QED) is 0.142. The predicted octanol–water partition coefficient (Wildman–Crippen LogP) is 28.8. The largest absolute Gasteiger partial charge is 0.456 e. The highest BCUT2D eigenvalue weighted by atomic mass is 16.3. The number of fused-ring (bicyclic) bond motifs is 11. The van der Waals surface area contributed by atoms with Crippen molar-refractivity contribution in [3.05, 3.63) is 352 Å². The summed E-state index contributed by atoms with van der Waals surface area (Å²) in [6.45, 7) is 0. The van der Waals surface area contributed by atoms with Crippen LogP contribution in [0.25, 0.3) is 187 Å². The van der Waals surface area contributed by atoms with Crippen molar-refractivity contribution < 1.29 is 11.6 Å². The molecule has 0 radical (unpaired) electrons. The van der Waals surface area contributed by atoms with Gasteiger partial charge in [0.2, 0.25) is 0 Å². The SMILES string of the molecule is C.C.[2H]C.[2H]C.c1ccc(-c2cc(-c3c4ccccc4c(-c4ccc(-c5cccc6ccccc56)cc4)c4ccccc34)cc3oc4ccccc4c23)cc1.c1ccc(-c2ccc(-c3ccc(-c4c5ccccc5c(-c5ccc6c(c5)oc5ccccc56)c5ccccc45)cc3)cc2)cc1. The fraction of sp³-hybridized carbons (Fsp3) is 0.0417. The van der Waals surface area contributed by atoms with Crippen LogP contribution in [-0.2, 0) is 0 Å². The zero-order valence-corrected chi connectivity index (χ0v) is 53.3. The number of furan rings is 2. The van der Waals surface area contributed by atoms with Gasteiger partial charge in [0.1, 0.15) is 22.3 Å². The van der Waals surface area contributed by atoms with E-state index in [2.05, 4.69) is 334 Å². The van der Waals surface area contributed by atoms with Crippen molar-refractivity contribution in [3.8, 4) is 89.0 Å². The summed E-state index contributed by atoms with van der Waals surface area (Å²) < 4.78 is 24.4. The highest BCUT2D eigenvalue weighted by Crippen LogP contribution is 2.49. The van der Waals surface area contributed by atoms with E-state index in [0.717, 1.165) is 55.0 Å². The van der Waals surface area contributed by atoms with Crippen LogP contribution < -0.4 is 0 Å². The van der Waals surface area contributed by atoms with Crippen LogP contribution in [0, 0.1) is 0 Å². The Hall–Kier alpha value is -12.4. The molecule has 0 aliphatic heterocycles. The normalized spacial score (nSPS) is 11.3. The maximum Gasteiger partial charge on any atom is 0.136 e. The molecule has 0 atom stereocenters. The summed E-state index contributed by atoms with van der Waals surface area (Å²) >= 11 is 0. The number of benzene rings is 17. The van der Waals surface area contributed by atoms with Gasteiger partial charge in [0.05, 0.1) is 0 Å². The summed E-state index contributed by atoms with van der Waals surface area (Å²) in [4.78, 5) is 0. The fourth-order valence-electron chi connectivity index (χ4n) is 14.8. The molecule has 2 heterocycles. The van der Waals surface area contributed by atoms with E-state index in [0.29, 0.717) is 0 Å². The number of rotatable bonds is 8. The van der Waals surface area contributed by atoms with Crippen molar-refractivity contribution in [2.24, 2.45) is 0 Å². The van der Waals surface area contributed by atoms with Gasteiger partial charge in [-0.15, -0.1) is 0 Å². The molecular weight excluding hydrogens is 1190 g/mol. The van der Waals surface area contributed by atoms with Crippen LogP contribution in [-0.4, -0.2) is 0 Å². The summed E-state index contributed by atoms with van der Waals surface area (Å²) in [6.07, 6.45) is 0. The Morgan fingerprint density at radius 1 is 0.173 bits per heavy atom. The van der Waals surface area contributed by atoms with Gasteiger partial charge in [0.25, 0.3) is 0 Å². The van der Waals surface area contributed by atoms with Crippen LogP contribution in [0.3, 0.4) is 0 Å². The first kappa shape index (κ1) is 60.6. The van der Waals surface area contributed by atoms with Gasteiger partial charge in [-0.2, -0.15) is 0 Å². The van der Waals surface area contributed by atoms with Gasteiger partial charge in [0.15, 0.2) is 0 Å². The van der Waals surface area contributed by atoms with Crippen LogP contribution in [0.2, 0.25) is 0 Å². The summed E-state index contributed by atoms with van der Waals surface area (Å²) in [5, 5.41) is 17.0. The van der Waals surface area contributed by atoms with Crippen LogP contribution in [0.1, 0.15) is 32.4 Å². The third-order valence-electron chi connectivity index (χ3n) is 19.2. The second-order valence-corrected chi connectivity index (χ2v) is 24.5. The lowest BCUT2D eigenvalue weighted by atomic mass is 9.84. The van der Waals surface area contributed by atoms with Crippen molar-refractivity contribution in [2.75, 3.05) is 0 Å². The monoisotopic (exact) mass is 1260 g/mol. The minimum absolute atomic E-state index is 0. The maximum absolute atomic E-state index is 6.57. The van der Waals surface area contributed by atoms with E-state index < -0.39 is 0 Å². The summed E-state index contributed by atoms with van der Waals surface area (Å²) in [5.41, 5.74) is 23.1. The summed E-state index contributed by atoms with van der Waals surface area (Å²) in [6, 6.07) is 127. The highest BCUT2D eigenvalue weighted by Gasteiger charge is 2.22. The van der Waals surface area contributed by atoms with Gasteiger partial charge < -0.3 is 8.83 Å². The van der Waals surface area contributed by atoms with E-state index in [4.69, 9.17) is 11.6 Å². The van der Waals surface area contributed by atoms with E-state index in [1.54, 1.807) is 0 Å². The fourth-order valence-corrected chi connectivity index (χ4v) is 14.8. The second kappa shape index (κ2) is 26.4. The van der Waals surface area contributed by atoms with Crippen LogP contribution in [0.5, 0.6) is 0 Å². The van der Waals surface area contributed by atoms with E-state index in [1.807, 2.05) is 18.2 Å². The van der Waals surface area contributed by atoms with Crippen LogP contribution in [0.15, 0.2) is 361 Å². The number of hydrogen-bond donors (Lipinski definition) is 0. The first-order valence-electron chi connectivity index (χ1n) is 34.3. The first-order chi connectivity index (χ1) is 48.6. The van der Waals surface area contributed by atoms with Gasteiger partial charge in [-0.3, -0.25) is 0 Å². The molecule has 0 fully saturated rings. The highest BCUT2D eigenvalue weighted by molar-refractivity contribution is 6.24. The Bertz CT molecular complexity index is 6010. The Kier molecular flexibility index (Phi) is 16.3. The Balaban J connectivity index is 0.000000160. The molecule has 0 N–H and O–H groups in total. The average molecular weight is 1260 g/mol. The molecule has 0 unspecified atom stereocenters. The topological polar surface area (TPSA) is 26.3 Å². The van der Waals surface area contributed by atoms with Crippen molar-refractivity contribution in [1.29, 1.82) is 0 Å². The molecule has 19 aromatic rings. The van der Waals surface area contributed by atoms with Crippen molar-refractivity contribution >= 4 is 97.7 Å². The summed E-state index contributed by atoms with van der Waals surface area (Å²) in [5.74, 6) is 0. The van der Waals surface area contributed by atoms with Gasteiger partial charge in [-0.25, -0.2) is 0 Å². The Labute approximate surface area is 576 Å². The summed E-state index contributed by atoms with van der Waals surface area (Å²) in [7, 11) is 2.50. The molecule has 0 saturated heterocycles. The molecule has 19 rings (SSSR count). The molecule has 0 spiro atoms. The molecule has 2 aromatic heterocycles. The minimum Gasteiger partial charge on any atom is -0.456 e. The lowest BCUT2D eigenvalue weighted by molar-refractivity contribution is 0.668. The van der Waals surface area contributed by atoms with Crippen LogP contribution >= 0.6 is 0 Å². The first-order valence-corrected chi connectivity index (χ1v) is 32.3. The van der Waals surface area contributed by atoms with Gasteiger partial charge in [-0.1, -0.05) is 345 Å². The molecule has 98 heavy (non-hydrogen) atoms. The van der Waals surface area contributed by atoms with Crippen LogP contribution in [0.4, 0.5) is 0 Å². The predicted molar refractivity (Wildman–Crippen MR) is 425 cm³/mol. The van der Waals surface area contributed by atoms with E-state index >= 15 is 0 Å². The van der Waals surface area contributed by atoms with Crippen molar-refractivity contribution in [3.63, 3.8) is 0 Å². The van der Waals surface area contributed by atoms with Gasteiger partial charge in [-0.05, 0) is 179 Å². The molecular formula is C96H74O2. The van der Waals surface area contributed by atoms with Gasteiger partial charge in [0, 0.05) is 24.3 Å². The molecule has 0 saturated carbocycles. The molecule has 0 aliphatic carbocycles. The van der Waals surface area contributed by atoms with Crippen molar-refractivity contribution in [1.82, 2.24) is 0 Å². The van der Waals surface area contributed by atoms with Gasteiger partial charge >= 0.3 is 0 Å². The third kappa shape index (κ3) is 10.8. The smallest absolute Gasteiger partial charge is 0.136 e. The zero-order chi connectivity index (χ0) is 66.1. The third-order valence-corrected chi connectivity index (χ3v) is 19.2. The molecule has 0 aliphatic rings. The molecule has 17 aromatic carbocycles. The minimum atomic E-state index is 0. The van der Waals surface area contributed by atoms with E-state index in [9.17, 15) is 0 Å². The number of hydrogen-bond acceptors (Lipinski definition) is 2. The molecule has 470 valence electrons. The van der Waals surface area contributed by atoms with Crippen molar-refractivity contribution in [2.45, 2.75) is 29.7 Å². The number of para-hydroxylation sites is 2.